The van der Waals surface area contributed by atoms with Crippen molar-refractivity contribution < 1.29 is 9.53 Å². The third-order valence-corrected chi connectivity index (χ3v) is 3.49. The van der Waals surface area contributed by atoms with Gasteiger partial charge in [0.15, 0.2) is 0 Å². The molecule has 0 aliphatic rings. The Morgan fingerprint density at radius 3 is 2.88 bits per heavy atom. The zero-order chi connectivity index (χ0) is 12.8. The summed E-state index contributed by atoms with van der Waals surface area (Å²) in [7, 11) is 1.56. The van der Waals surface area contributed by atoms with Gasteiger partial charge < -0.3 is 10.1 Å². The smallest absolute Gasteiger partial charge is 0.265 e. The lowest BCUT2D eigenvalue weighted by molar-refractivity contribution is 0.0954. The minimum Gasteiger partial charge on any atom is -0.495 e. The third-order valence-electron chi connectivity index (χ3n) is 2.27. The van der Waals surface area contributed by atoms with Gasteiger partial charge in [-0.2, -0.15) is 0 Å². The molecule has 1 aromatic heterocycles. The molecule has 96 valence electrons. The number of rotatable bonds is 6. The number of carbonyl (C=O) groups is 1. The summed E-state index contributed by atoms with van der Waals surface area (Å²) in [6.07, 6.45) is 0.892. The van der Waals surface area contributed by atoms with Crippen LogP contribution in [0.4, 0.5) is 0 Å². The van der Waals surface area contributed by atoms with E-state index in [0.29, 0.717) is 23.1 Å². The molecule has 5 heteroatoms. The van der Waals surface area contributed by atoms with Gasteiger partial charge in [0.05, 0.1) is 12.5 Å². The molecule has 0 aliphatic heterocycles. The summed E-state index contributed by atoms with van der Waals surface area (Å²) >= 11 is 7.48. The lowest BCUT2D eigenvalue weighted by Crippen LogP contribution is -2.30. The van der Waals surface area contributed by atoms with Gasteiger partial charge >= 0.3 is 0 Å². The molecule has 1 unspecified atom stereocenters. The van der Waals surface area contributed by atoms with Crippen molar-refractivity contribution in [1.29, 1.82) is 0 Å². The molecule has 1 N–H and O–H groups in total. The van der Waals surface area contributed by atoms with Crippen molar-refractivity contribution in [3.8, 4) is 5.75 Å². The number of methoxy groups -OCH3 is 1. The molecule has 1 aromatic rings. The van der Waals surface area contributed by atoms with E-state index >= 15 is 0 Å². The van der Waals surface area contributed by atoms with Crippen LogP contribution in [0.5, 0.6) is 5.75 Å². The number of halogens is 1. The average molecular weight is 276 g/mol. The van der Waals surface area contributed by atoms with E-state index in [1.807, 2.05) is 5.38 Å². The van der Waals surface area contributed by atoms with Crippen LogP contribution < -0.4 is 10.1 Å². The van der Waals surface area contributed by atoms with Crippen molar-refractivity contribution in [1.82, 2.24) is 5.32 Å². The highest BCUT2D eigenvalue weighted by atomic mass is 35.5. The van der Waals surface area contributed by atoms with Gasteiger partial charge in [-0.25, -0.2) is 0 Å². The minimum atomic E-state index is -0.119. The van der Waals surface area contributed by atoms with Gasteiger partial charge in [0, 0.05) is 6.54 Å². The molecule has 0 saturated heterocycles. The second-order valence-corrected chi connectivity index (χ2v) is 5.79. The molecular formula is C12H18ClNO2S. The van der Waals surface area contributed by atoms with Crippen LogP contribution in [0.2, 0.25) is 0 Å². The van der Waals surface area contributed by atoms with Crippen molar-refractivity contribution in [2.45, 2.75) is 25.6 Å². The molecule has 0 saturated carbocycles. The van der Waals surface area contributed by atoms with Crippen LogP contribution in [0.1, 0.15) is 29.9 Å². The Balaban J connectivity index is 2.45. The van der Waals surface area contributed by atoms with Crippen molar-refractivity contribution in [3.05, 3.63) is 16.3 Å². The minimum absolute atomic E-state index is 0.0232. The fraction of sp³-hybridized carbons (Fsp3) is 0.583. The van der Waals surface area contributed by atoms with E-state index in [9.17, 15) is 4.79 Å². The molecule has 0 fully saturated rings. The number of thiophene rings is 1. The molecular weight excluding hydrogens is 258 g/mol. The van der Waals surface area contributed by atoms with Gasteiger partial charge in [-0.3, -0.25) is 4.79 Å². The van der Waals surface area contributed by atoms with Crippen molar-refractivity contribution in [3.63, 3.8) is 0 Å². The monoisotopic (exact) mass is 275 g/mol. The largest absolute Gasteiger partial charge is 0.495 e. The number of nitrogens with one attached hydrogen (secondary N) is 1. The molecule has 0 radical (unpaired) electrons. The molecule has 17 heavy (non-hydrogen) atoms. The standard InChI is InChI=1S/C12H18ClNO2S/c1-8(2)6-9(13)7-14-12(15)11-10(16-3)4-5-17-11/h4-5,8-9H,6-7H2,1-3H3,(H,14,15). The van der Waals surface area contributed by atoms with Crippen LogP contribution in [-0.2, 0) is 0 Å². The van der Waals surface area contributed by atoms with E-state index in [1.54, 1.807) is 13.2 Å². The fourth-order valence-corrected chi connectivity index (χ4v) is 2.71. The van der Waals surface area contributed by atoms with Crippen molar-refractivity contribution >= 4 is 28.8 Å². The summed E-state index contributed by atoms with van der Waals surface area (Å²) in [5.41, 5.74) is 0. The Kier molecular flexibility index (Phi) is 5.78. The van der Waals surface area contributed by atoms with E-state index in [1.165, 1.54) is 11.3 Å². The van der Waals surface area contributed by atoms with E-state index in [4.69, 9.17) is 16.3 Å². The Morgan fingerprint density at radius 1 is 1.59 bits per heavy atom. The fourth-order valence-electron chi connectivity index (χ4n) is 1.50. The summed E-state index contributed by atoms with van der Waals surface area (Å²) in [5.74, 6) is 1.03. The van der Waals surface area contributed by atoms with Gasteiger partial charge in [0.1, 0.15) is 10.6 Å². The molecule has 0 aliphatic carbocycles. The van der Waals surface area contributed by atoms with E-state index in [-0.39, 0.29) is 11.3 Å². The lowest BCUT2D eigenvalue weighted by Gasteiger charge is -2.12. The number of amides is 1. The molecule has 1 rings (SSSR count). The van der Waals surface area contributed by atoms with E-state index < -0.39 is 0 Å². The van der Waals surface area contributed by atoms with Crippen LogP contribution in [0.25, 0.3) is 0 Å². The zero-order valence-electron chi connectivity index (χ0n) is 10.3. The highest BCUT2D eigenvalue weighted by Crippen LogP contribution is 2.24. The van der Waals surface area contributed by atoms with Gasteiger partial charge in [-0.1, -0.05) is 13.8 Å². The Labute approximate surface area is 111 Å². The maximum atomic E-state index is 11.8. The van der Waals surface area contributed by atoms with Crippen LogP contribution in [0.15, 0.2) is 11.4 Å². The SMILES string of the molecule is COc1ccsc1C(=O)NCC(Cl)CC(C)C. The maximum absolute atomic E-state index is 11.8. The van der Waals surface area contributed by atoms with Gasteiger partial charge in [-0.15, -0.1) is 22.9 Å². The molecule has 1 atom stereocenters. The lowest BCUT2D eigenvalue weighted by atomic mass is 10.1. The predicted molar refractivity (Wildman–Crippen MR) is 72.3 cm³/mol. The Hall–Kier alpha value is -0.740. The molecule has 1 amide bonds. The van der Waals surface area contributed by atoms with Crippen LogP contribution in [0, 0.1) is 5.92 Å². The highest BCUT2D eigenvalue weighted by molar-refractivity contribution is 7.12. The first-order valence-electron chi connectivity index (χ1n) is 5.58. The first kappa shape index (κ1) is 14.3. The number of hydrogen-bond donors (Lipinski definition) is 1. The predicted octanol–water partition coefficient (Wildman–Crippen LogP) is 3.14. The second kappa shape index (κ2) is 6.87. The summed E-state index contributed by atoms with van der Waals surface area (Å²) in [6, 6.07) is 1.78. The number of hydrogen-bond acceptors (Lipinski definition) is 3. The van der Waals surface area contributed by atoms with E-state index in [0.717, 1.165) is 6.42 Å². The van der Waals surface area contributed by atoms with Crippen molar-refractivity contribution in [2.75, 3.05) is 13.7 Å². The van der Waals surface area contributed by atoms with Crippen LogP contribution in [-0.4, -0.2) is 24.9 Å². The maximum Gasteiger partial charge on any atom is 0.265 e. The normalized spacial score (nSPS) is 12.5. The van der Waals surface area contributed by atoms with Crippen molar-refractivity contribution in [2.24, 2.45) is 5.92 Å². The summed E-state index contributed by atoms with van der Waals surface area (Å²) in [6.45, 7) is 4.71. The summed E-state index contributed by atoms with van der Waals surface area (Å²) < 4.78 is 5.09. The molecule has 0 aromatic carbocycles. The number of alkyl halides is 1. The average Bonchev–Trinajstić information content (AvgIpc) is 2.72. The van der Waals surface area contributed by atoms with Gasteiger partial charge in [0.25, 0.3) is 5.91 Å². The van der Waals surface area contributed by atoms with Crippen LogP contribution in [0.3, 0.4) is 0 Å². The van der Waals surface area contributed by atoms with Crippen LogP contribution >= 0.6 is 22.9 Å². The van der Waals surface area contributed by atoms with Gasteiger partial charge in [0.2, 0.25) is 0 Å². The topological polar surface area (TPSA) is 38.3 Å². The third kappa shape index (κ3) is 4.56. The number of ether oxygens (including phenoxy) is 1. The first-order valence-corrected chi connectivity index (χ1v) is 6.90. The molecule has 1 heterocycles. The van der Waals surface area contributed by atoms with E-state index in [2.05, 4.69) is 19.2 Å². The highest BCUT2D eigenvalue weighted by Gasteiger charge is 2.15. The second-order valence-electron chi connectivity index (χ2n) is 4.25. The molecule has 3 nitrogen and oxygen atoms in total. The number of carbonyl (C=O) groups excluding carboxylic acids is 1. The summed E-state index contributed by atoms with van der Waals surface area (Å²) in [5, 5.41) is 4.63. The Bertz CT molecular complexity index is 365. The Morgan fingerprint density at radius 2 is 2.29 bits per heavy atom. The first-order chi connectivity index (χ1) is 8.04. The van der Waals surface area contributed by atoms with Gasteiger partial charge in [-0.05, 0) is 23.8 Å². The molecule has 0 spiro atoms. The molecule has 0 bridgehead atoms. The zero-order valence-corrected chi connectivity index (χ0v) is 11.9. The summed E-state index contributed by atoms with van der Waals surface area (Å²) in [4.78, 5) is 12.4. The quantitative estimate of drug-likeness (QED) is 0.810.